The number of aliphatic carboxylic acids is 1. The first-order chi connectivity index (χ1) is 5.75. The molecule has 0 saturated heterocycles. The molecule has 0 aliphatic rings. The number of hydrogen-bond donors (Lipinski definition) is 2. The van der Waals surface area contributed by atoms with E-state index in [-0.39, 0.29) is 0 Å². The third-order valence-corrected chi connectivity index (χ3v) is 2.35. The van der Waals surface area contributed by atoms with Crippen LogP contribution < -0.4 is 0 Å². The average Bonchev–Trinajstić information content (AvgIpc) is 2.51. The van der Waals surface area contributed by atoms with Crippen molar-refractivity contribution in [2.24, 2.45) is 0 Å². The fourth-order valence-corrected chi connectivity index (χ4v) is 1.65. The molecule has 0 aliphatic carbocycles. The average molecular weight is 184 g/mol. The molecular formula is C8H8O3S. The highest BCUT2D eigenvalue weighted by Gasteiger charge is 2.16. The summed E-state index contributed by atoms with van der Waals surface area (Å²) >= 11 is 1.36. The van der Waals surface area contributed by atoms with E-state index in [9.17, 15) is 4.79 Å². The van der Waals surface area contributed by atoms with E-state index in [2.05, 4.69) is 0 Å². The molecule has 0 amide bonds. The lowest BCUT2D eigenvalue weighted by Gasteiger charge is -2.02. The molecule has 0 bridgehead atoms. The Balaban J connectivity index is 2.88. The van der Waals surface area contributed by atoms with E-state index in [1.54, 1.807) is 17.5 Å². The molecule has 64 valence electrons. The van der Waals surface area contributed by atoms with Crippen LogP contribution in [-0.2, 0) is 4.79 Å². The predicted octanol–water partition coefficient (Wildman–Crippen LogP) is 1.99. The maximum atomic E-state index is 10.6. The van der Waals surface area contributed by atoms with Crippen LogP contribution in [0.25, 0.3) is 0 Å². The van der Waals surface area contributed by atoms with E-state index < -0.39 is 11.9 Å². The van der Waals surface area contributed by atoms with Crippen LogP contribution in [0.2, 0.25) is 0 Å². The van der Waals surface area contributed by atoms with Crippen molar-refractivity contribution < 1.29 is 15.0 Å². The smallest absolute Gasteiger partial charge is 0.315 e. The van der Waals surface area contributed by atoms with Crippen LogP contribution in [0.1, 0.15) is 10.8 Å². The quantitative estimate of drug-likeness (QED) is 0.706. The van der Waals surface area contributed by atoms with Gasteiger partial charge in [0.05, 0.1) is 6.26 Å². The number of carbonyl (C=O) groups is 1. The van der Waals surface area contributed by atoms with Crippen molar-refractivity contribution in [3.63, 3.8) is 0 Å². The predicted molar refractivity (Wildman–Crippen MR) is 46.5 cm³/mol. The number of aliphatic hydroxyl groups excluding tert-OH is 1. The van der Waals surface area contributed by atoms with Gasteiger partial charge in [0.15, 0.2) is 0 Å². The Morgan fingerprint density at radius 3 is 2.83 bits per heavy atom. The number of hydrogen-bond acceptors (Lipinski definition) is 3. The van der Waals surface area contributed by atoms with Crippen molar-refractivity contribution in [2.75, 3.05) is 0 Å². The highest BCUT2D eigenvalue weighted by atomic mass is 32.1. The zero-order valence-corrected chi connectivity index (χ0v) is 6.99. The van der Waals surface area contributed by atoms with Gasteiger partial charge in [-0.2, -0.15) is 0 Å². The summed E-state index contributed by atoms with van der Waals surface area (Å²) in [6.45, 7) is 0. The first-order valence-corrected chi connectivity index (χ1v) is 4.20. The molecule has 0 radical (unpaired) electrons. The molecule has 0 spiro atoms. The monoisotopic (exact) mass is 184 g/mol. The van der Waals surface area contributed by atoms with E-state index in [4.69, 9.17) is 10.2 Å². The molecule has 0 aliphatic heterocycles. The number of carboxylic acid groups (broad SMARTS) is 1. The van der Waals surface area contributed by atoms with Crippen LogP contribution in [0.4, 0.5) is 0 Å². The first kappa shape index (κ1) is 8.80. The molecule has 1 unspecified atom stereocenters. The van der Waals surface area contributed by atoms with Gasteiger partial charge < -0.3 is 10.2 Å². The molecule has 1 heterocycles. The minimum absolute atomic E-state index is 0.716. The standard InChI is InChI=1S/C8H8O3S/c9-4-3-6(8(10)11)7-2-1-5-12-7/h1-6,9H,(H,10,11). The Morgan fingerprint density at radius 2 is 2.42 bits per heavy atom. The molecule has 1 atom stereocenters. The fourth-order valence-electron chi connectivity index (χ4n) is 0.853. The van der Waals surface area contributed by atoms with Gasteiger partial charge in [-0.15, -0.1) is 11.3 Å². The lowest BCUT2D eigenvalue weighted by molar-refractivity contribution is -0.137. The van der Waals surface area contributed by atoms with Gasteiger partial charge in [0, 0.05) is 4.88 Å². The molecule has 12 heavy (non-hydrogen) atoms. The summed E-state index contributed by atoms with van der Waals surface area (Å²) in [4.78, 5) is 11.3. The van der Waals surface area contributed by atoms with Crippen molar-refractivity contribution in [3.05, 3.63) is 34.7 Å². The number of thiophene rings is 1. The Morgan fingerprint density at radius 1 is 1.67 bits per heavy atom. The van der Waals surface area contributed by atoms with Gasteiger partial charge in [0.25, 0.3) is 0 Å². The van der Waals surface area contributed by atoms with Gasteiger partial charge in [-0.1, -0.05) is 6.07 Å². The molecule has 3 nitrogen and oxygen atoms in total. The lowest BCUT2D eigenvalue weighted by Crippen LogP contribution is -2.06. The highest BCUT2D eigenvalue weighted by molar-refractivity contribution is 7.10. The summed E-state index contributed by atoms with van der Waals surface area (Å²) in [5, 5.41) is 19.0. The van der Waals surface area contributed by atoms with Crippen LogP contribution in [0.3, 0.4) is 0 Å². The van der Waals surface area contributed by atoms with Gasteiger partial charge in [-0.3, -0.25) is 4.79 Å². The Bertz CT molecular complexity index is 277. The van der Waals surface area contributed by atoms with E-state index in [0.29, 0.717) is 4.88 Å². The molecule has 4 heteroatoms. The third-order valence-electron chi connectivity index (χ3n) is 1.39. The zero-order chi connectivity index (χ0) is 8.97. The van der Waals surface area contributed by atoms with Crippen LogP contribution in [0.15, 0.2) is 29.9 Å². The van der Waals surface area contributed by atoms with Crippen molar-refractivity contribution >= 4 is 17.3 Å². The Kier molecular flexibility index (Phi) is 2.88. The summed E-state index contributed by atoms with van der Waals surface area (Å²) in [7, 11) is 0. The molecule has 1 aromatic heterocycles. The van der Waals surface area contributed by atoms with Gasteiger partial charge in [-0.25, -0.2) is 0 Å². The second-order valence-electron chi connectivity index (χ2n) is 2.17. The molecule has 0 aromatic carbocycles. The van der Waals surface area contributed by atoms with E-state index >= 15 is 0 Å². The largest absolute Gasteiger partial charge is 0.516 e. The van der Waals surface area contributed by atoms with Gasteiger partial charge in [0.1, 0.15) is 5.92 Å². The molecule has 2 N–H and O–H groups in total. The zero-order valence-electron chi connectivity index (χ0n) is 6.18. The van der Waals surface area contributed by atoms with Crippen molar-refractivity contribution in [3.8, 4) is 0 Å². The highest BCUT2D eigenvalue weighted by Crippen LogP contribution is 2.22. The van der Waals surface area contributed by atoms with Gasteiger partial charge >= 0.3 is 5.97 Å². The molecule has 0 saturated carbocycles. The number of aliphatic hydroxyl groups is 1. The second-order valence-corrected chi connectivity index (χ2v) is 3.15. The number of carboxylic acids is 1. The van der Waals surface area contributed by atoms with Crippen LogP contribution in [0.5, 0.6) is 0 Å². The summed E-state index contributed by atoms with van der Waals surface area (Å²) in [5.74, 6) is -1.68. The van der Waals surface area contributed by atoms with E-state index in [1.165, 1.54) is 17.4 Å². The van der Waals surface area contributed by atoms with Crippen LogP contribution in [0, 0.1) is 0 Å². The van der Waals surface area contributed by atoms with Crippen molar-refractivity contribution in [2.45, 2.75) is 5.92 Å². The maximum Gasteiger partial charge on any atom is 0.315 e. The lowest BCUT2D eigenvalue weighted by atomic mass is 10.1. The normalized spacial score (nSPS) is 13.3. The third kappa shape index (κ3) is 1.85. The fraction of sp³-hybridized carbons (Fsp3) is 0.125. The number of rotatable bonds is 3. The molecular weight excluding hydrogens is 176 g/mol. The Labute approximate surface area is 73.6 Å². The summed E-state index contributed by atoms with van der Waals surface area (Å²) < 4.78 is 0. The summed E-state index contributed by atoms with van der Waals surface area (Å²) in [6.07, 6.45) is 2.01. The summed E-state index contributed by atoms with van der Waals surface area (Å²) in [6, 6.07) is 3.50. The SMILES string of the molecule is O=C(O)C(C=CO)c1cccs1. The van der Waals surface area contributed by atoms with Crippen LogP contribution in [-0.4, -0.2) is 16.2 Å². The maximum absolute atomic E-state index is 10.6. The van der Waals surface area contributed by atoms with E-state index in [0.717, 1.165) is 6.26 Å². The first-order valence-electron chi connectivity index (χ1n) is 3.33. The van der Waals surface area contributed by atoms with Gasteiger partial charge in [0.2, 0.25) is 0 Å². The van der Waals surface area contributed by atoms with Crippen molar-refractivity contribution in [1.29, 1.82) is 0 Å². The topological polar surface area (TPSA) is 57.5 Å². The molecule has 1 aromatic rings. The minimum Gasteiger partial charge on any atom is -0.516 e. The van der Waals surface area contributed by atoms with Gasteiger partial charge in [-0.05, 0) is 17.5 Å². The van der Waals surface area contributed by atoms with Crippen LogP contribution >= 0.6 is 11.3 Å². The Hall–Kier alpha value is -1.29. The van der Waals surface area contributed by atoms with Crippen molar-refractivity contribution in [1.82, 2.24) is 0 Å². The molecule has 1 rings (SSSR count). The second kappa shape index (κ2) is 3.92. The van der Waals surface area contributed by atoms with E-state index in [1.807, 2.05) is 0 Å². The minimum atomic E-state index is -0.956. The summed E-state index contributed by atoms with van der Waals surface area (Å²) in [5.41, 5.74) is 0. The molecule has 0 fully saturated rings.